The highest BCUT2D eigenvalue weighted by Crippen LogP contribution is 2.14. The molecule has 1 aromatic rings. The number of aliphatic hydroxyl groups is 1. The summed E-state index contributed by atoms with van der Waals surface area (Å²) in [5, 5.41) is 12.5. The first-order valence-corrected chi connectivity index (χ1v) is 8.24. The molecular weight excluding hydrogens is 292 g/mol. The number of sulfonamides is 1. The Balaban J connectivity index is 2.81. The maximum atomic E-state index is 12.1. The third-order valence-electron chi connectivity index (χ3n) is 3.09. The summed E-state index contributed by atoms with van der Waals surface area (Å²) < 4.78 is 26.6. The van der Waals surface area contributed by atoms with E-state index in [9.17, 15) is 18.3 Å². The Morgan fingerprint density at radius 3 is 2.33 bits per heavy atom. The highest BCUT2D eigenvalue weighted by molar-refractivity contribution is 7.89. The lowest BCUT2D eigenvalue weighted by Crippen LogP contribution is -2.40. The lowest BCUT2D eigenvalue weighted by Gasteiger charge is -2.22. The molecule has 0 aliphatic rings. The van der Waals surface area contributed by atoms with Crippen molar-refractivity contribution in [3.05, 3.63) is 29.8 Å². The van der Waals surface area contributed by atoms with Crippen LogP contribution in [0.4, 0.5) is 0 Å². The van der Waals surface area contributed by atoms with Gasteiger partial charge in [0, 0.05) is 19.2 Å². The van der Waals surface area contributed by atoms with Crippen molar-refractivity contribution in [2.24, 2.45) is 0 Å². The molecule has 0 aliphatic heterocycles. The summed E-state index contributed by atoms with van der Waals surface area (Å²) in [6.07, 6.45) is 1.26. The van der Waals surface area contributed by atoms with Gasteiger partial charge in [-0.25, -0.2) is 13.1 Å². The summed E-state index contributed by atoms with van der Waals surface area (Å²) in [5.74, 6) is -0.280. The fraction of sp³-hybridized carbons (Fsp3) is 0.500. The molecule has 1 rings (SSSR count). The van der Waals surface area contributed by atoms with Gasteiger partial charge in [-0.3, -0.25) is 4.79 Å². The van der Waals surface area contributed by atoms with E-state index in [-0.39, 0.29) is 17.3 Å². The SMILES string of the molecule is CCCC(C)(O)CNS(=O)(=O)c1ccc(C(=O)NC)cc1. The van der Waals surface area contributed by atoms with Gasteiger partial charge in [-0.1, -0.05) is 13.3 Å². The smallest absolute Gasteiger partial charge is 0.251 e. The third kappa shape index (κ3) is 5.11. The lowest BCUT2D eigenvalue weighted by molar-refractivity contribution is 0.0554. The number of carbonyl (C=O) groups excluding carboxylic acids is 1. The van der Waals surface area contributed by atoms with Gasteiger partial charge in [0.05, 0.1) is 10.5 Å². The number of benzene rings is 1. The van der Waals surface area contributed by atoms with Crippen LogP contribution in [0.3, 0.4) is 0 Å². The molecule has 0 bridgehead atoms. The summed E-state index contributed by atoms with van der Waals surface area (Å²) in [4.78, 5) is 11.5. The number of amides is 1. The molecule has 0 spiro atoms. The van der Waals surface area contributed by atoms with Crippen molar-refractivity contribution in [1.82, 2.24) is 10.0 Å². The molecule has 3 N–H and O–H groups in total. The van der Waals surface area contributed by atoms with Crippen molar-refractivity contribution in [2.45, 2.75) is 37.2 Å². The van der Waals surface area contributed by atoms with Gasteiger partial charge >= 0.3 is 0 Å². The van der Waals surface area contributed by atoms with Gasteiger partial charge < -0.3 is 10.4 Å². The van der Waals surface area contributed by atoms with Crippen molar-refractivity contribution in [3.8, 4) is 0 Å². The van der Waals surface area contributed by atoms with Gasteiger partial charge in [0.1, 0.15) is 0 Å². The van der Waals surface area contributed by atoms with E-state index in [1.807, 2.05) is 6.92 Å². The van der Waals surface area contributed by atoms with Crippen molar-refractivity contribution in [3.63, 3.8) is 0 Å². The van der Waals surface area contributed by atoms with Crippen LogP contribution in [0.2, 0.25) is 0 Å². The minimum Gasteiger partial charge on any atom is -0.389 e. The summed E-state index contributed by atoms with van der Waals surface area (Å²) in [7, 11) is -2.20. The Labute approximate surface area is 125 Å². The molecule has 21 heavy (non-hydrogen) atoms. The van der Waals surface area contributed by atoms with E-state index < -0.39 is 15.6 Å². The predicted octanol–water partition coefficient (Wildman–Crippen LogP) is 0.876. The molecule has 0 saturated carbocycles. The Morgan fingerprint density at radius 2 is 1.86 bits per heavy atom. The van der Waals surface area contributed by atoms with Gasteiger partial charge in [0.2, 0.25) is 10.0 Å². The summed E-state index contributed by atoms with van der Waals surface area (Å²) in [5.41, 5.74) is -0.696. The molecule has 1 amide bonds. The third-order valence-corrected chi connectivity index (χ3v) is 4.50. The van der Waals surface area contributed by atoms with Gasteiger partial charge in [0.25, 0.3) is 5.91 Å². The Bertz CT molecular complexity index is 579. The molecule has 7 heteroatoms. The minimum atomic E-state index is -3.70. The van der Waals surface area contributed by atoms with E-state index in [1.54, 1.807) is 6.92 Å². The number of hydrogen-bond donors (Lipinski definition) is 3. The van der Waals surface area contributed by atoms with Crippen molar-refractivity contribution in [1.29, 1.82) is 0 Å². The quantitative estimate of drug-likeness (QED) is 0.696. The zero-order chi connectivity index (χ0) is 16.1. The number of hydrogen-bond acceptors (Lipinski definition) is 4. The topological polar surface area (TPSA) is 95.5 Å². The van der Waals surface area contributed by atoms with Crippen molar-refractivity contribution in [2.75, 3.05) is 13.6 Å². The van der Waals surface area contributed by atoms with Crippen LogP contribution in [-0.2, 0) is 10.0 Å². The molecule has 118 valence electrons. The lowest BCUT2D eigenvalue weighted by atomic mass is 10.0. The van der Waals surface area contributed by atoms with E-state index in [2.05, 4.69) is 10.0 Å². The minimum absolute atomic E-state index is 0.0552. The number of rotatable bonds is 7. The van der Waals surface area contributed by atoms with E-state index in [0.29, 0.717) is 12.0 Å². The van der Waals surface area contributed by atoms with E-state index >= 15 is 0 Å². The maximum Gasteiger partial charge on any atom is 0.251 e. The molecule has 0 aromatic heterocycles. The molecule has 1 aromatic carbocycles. The van der Waals surface area contributed by atoms with E-state index in [0.717, 1.165) is 6.42 Å². The van der Waals surface area contributed by atoms with Gasteiger partial charge in [-0.15, -0.1) is 0 Å². The number of nitrogens with one attached hydrogen (secondary N) is 2. The highest BCUT2D eigenvalue weighted by atomic mass is 32.2. The average Bonchev–Trinajstić information content (AvgIpc) is 2.45. The largest absolute Gasteiger partial charge is 0.389 e. The van der Waals surface area contributed by atoms with Crippen LogP contribution in [0.25, 0.3) is 0 Å². The standard InChI is InChI=1S/C14H22N2O4S/c1-4-9-14(2,18)10-16-21(19,20)12-7-5-11(6-8-12)13(17)15-3/h5-8,16,18H,4,9-10H2,1-3H3,(H,15,17). The van der Waals surface area contributed by atoms with Crippen LogP contribution in [0.1, 0.15) is 37.0 Å². The van der Waals surface area contributed by atoms with Crippen molar-refractivity contribution >= 4 is 15.9 Å². The predicted molar refractivity (Wildman–Crippen MR) is 80.6 cm³/mol. The van der Waals surface area contributed by atoms with Gasteiger partial charge in [-0.05, 0) is 37.6 Å². The molecule has 0 heterocycles. The van der Waals surface area contributed by atoms with Crippen LogP contribution in [-0.4, -0.2) is 38.6 Å². The fourth-order valence-electron chi connectivity index (χ4n) is 1.89. The van der Waals surface area contributed by atoms with Crippen LogP contribution in [0.15, 0.2) is 29.2 Å². The molecule has 0 fully saturated rings. The summed E-state index contributed by atoms with van der Waals surface area (Å²) in [6, 6.07) is 5.61. The first kappa shape index (κ1) is 17.6. The zero-order valence-corrected chi connectivity index (χ0v) is 13.3. The Kier molecular flexibility index (Phi) is 5.88. The van der Waals surface area contributed by atoms with Crippen LogP contribution in [0.5, 0.6) is 0 Å². The second kappa shape index (κ2) is 7.02. The Hall–Kier alpha value is -1.44. The van der Waals surface area contributed by atoms with Gasteiger partial charge in [-0.2, -0.15) is 0 Å². The zero-order valence-electron chi connectivity index (χ0n) is 12.5. The van der Waals surface area contributed by atoms with Crippen LogP contribution in [0, 0.1) is 0 Å². The van der Waals surface area contributed by atoms with E-state index in [4.69, 9.17) is 0 Å². The average molecular weight is 314 g/mol. The second-order valence-corrected chi connectivity index (χ2v) is 6.94. The van der Waals surface area contributed by atoms with E-state index in [1.165, 1.54) is 31.3 Å². The van der Waals surface area contributed by atoms with Crippen LogP contribution >= 0.6 is 0 Å². The fourth-order valence-corrected chi connectivity index (χ4v) is 3.05. The van der Waals surface area contributed by atoms with Crippen LogP contribution < -0.4 is 10.0 Å². The summed E-state index contributed by atoms with van der Waals surface area (Å²) >= 11 is 0. The maximum absolute atomic E-state index is 12.1. The Morgan fingerprint density at radius 1 is 1.29 bits per heavy atom. The molecular formula is C14H22N2O4S. The normalized spacial score (nSPS) is 14.5. The molecule has 0 aliphatic carbocycles. The van der Waals surface area contributed by atoms with Crippen molar-refractivity contribution < 1.29 is 18.3 Å². The summed E-state index contributed by atoms with van der Waals surface area (Å²) in [6.45, 7) is 3.45. The highest BCUT2D eigenvalue weighted by Gasteiger charge is 2.23. The molecule has 1 unspecified atom stereocenters. The molecule has 6 nitrogen and oxygen atoms in total. The van der Waals surface area contributed by atoms with Gasteiger partial charge in [0.15, 0.2) is 0 Å². The molecule has 0 radical (unpaired) electrons. The first-order chi connectivity index (χ1) is 9.72. The number of carbonyl (C=O) groups is 1. The first-order valence-electron chi connectivity index (χ1n) is 6.76. The monoisotopic (exact) mass is 314 g/mol. The second-order valence-electron chi connectivity index (χ2n) is 5.17. The molecule has 1 atom stereocenters. The molecule has 0 saturated heterocycles.